The van der Waals surface area contributed by atoms with Crippen molar-refractivity contribution in [2.45, 2.75) is 12.8 Å². The second kappa shape index (κ2) is 6.44. The van der Waals surface area contributed by atoms with Crippen molar-refractivity contribution in [3.8, 4) is 0 Å². The van der Waals surface area contributed by atoms with E-state index >= 15 is 0 Å². The molecule has 5 nitrogen and oxygen atoms in total. The van der Waals surface area contributed by atoms with Gasteiger partial charge >= 0.3 is 11.9 Å². The van der Waals surface area contributed by atoms with Crippen molar-refractivity contribution in [2.24, 2.45) is 0 Å². The minimum Gasteiger partial charge on any atom is -0.478 e. The normalized spacial score (nSPS) is 10.5. The van der Waals surface area contributed by atoms with Crippen molar-refractivity contribution >= 4 is 23.7 Å². The predicted octanol–water partition coefficient (Wildman–Crippen LogP) is 1.47. The van der Waals surface area contributed by atoms with Gasteiger partial charge in [0.05, 0.1) is 7.11 Å². The first-order chi connectivity index (χ1) is 8.54. The summed E-state index contributed by atoms with van der Waals surface area (Å²) in [5, 5.41) is 8.55. The molecule has 0 aliphatic heterocycles. The molecule has 0 unspecified atom stereocenters. The average molecular weight is 249 g/mol. The van der Waals surface area contributed by atoms with Crippen molar-refractivity contribution in [3.63, 3.8) is 0 Å². The van der Waals surface area contributed by atoms with Gasteiger partial charge in [-0.2, -0.15) is 0 Å². The van der Waals surface area contributed by atoms with E-state index in [1.54, 1.807) is 18.2 Å². The molecule has 0 aliphatic carbocycles. The number of carboxylic acids is 1. The number of carboxylic acid groups (broad SMARTS) is 1. The number of para-hydroxylation sites is 1. The molecular weight excluding hydrogens is 234 g/mol. The van der Waals surface area contributed by atoms with Crippen molar-refractivity contribution < 1.29 is 19.4 Å². The second-order valence-electron chi connectivity index (χ2n) is 3.67. The van der Waals surface area contributed by atoms with Crippen molar-refractivity contribution in [2.75, 3.05) is 12.8 Å². The van der Waals surface area contributed by atoms with E-state index in [1.165, 1.54) is 13.2 Å². The Labute approximate surface area is 105 Å². The lowest BCUT2D eigenvalue weighted by molar-refractivity contribution is -0.140. The first kappa shape index (κ1) is 13.8. The van der Waals surface area contributed by atoms with Gasteiger partial charge in [-0.25, -0.2) is 4.79 Å². The highest BCUT2D eigenvalue weighted by Crippen LogP contribution is 2.20. The Kier molecular flexibility index (Phi) is 4.92. The molecule has 0 atom stereocenters. The third-order valence-corrected chi connectivity index (χ3v) is 2.46. The predicted molar refractivity (Wildman–Crippen MR) is 67.9 cm³/mol. The van der Waals surface area contributed by atoms with Crippen LogP contribution < -0.4 is 5.73 Å². The van der Waals surface area contributed by atoms with Crippen LogP contribution in [-0.2, 0) is 20.7 Å². The van der Waals surface area contributed by atoms with Gasteiger partial charge in [-0.3, -0.25) is 4.79 Å². The number of aryl methyl sites for hydroxylation is 1. The van der Waals surface area contributed by atoms with Crippen molar-refractivity contribution in [1.29, 1.82) is 0 Å². The van der Waals surface area contributed by atoms with E-state index in [9.17, 15) is 9.59 Å². The van der Waals surface area contributed by atoms with Crippen LogP contribution in [0.1, 0.15) is 17.5 Å². The molecule has 3 N–H and O–H groups in total. The summed E-state index contributed by atoms with van der Waals surface area (Å²) in [6.07, 6.45) is 3.16. The highest BCUT2D eigenvalue weighted by Gasteiger charge is 2.06. The smallest absolute Gasteiger partial charge is 0.328 e. The van der Waals surface area contributed by atoms with E-state index in [0.29, 0.717) is 17.7 Å². The SMILES string of the molecule is COC(=O)CCc1cccc(/C=C/C(=O)O)c1N. The molecule has 1 rings (SSSR count). The van der Waals surface area contributed by atoms with E-state index in [1.807, 2.05) is 0 Å². The molecule has 0 heterocycles. The van der Waals surface area contributed by atoms with Crippen LogP contribution in [0.4, 0.5) is 5.69 Å². The maximum absolute atomic E-state index is 11.0. The molecule has 0 bridgehead atoms. The lowest BCUT2D eigenvalue weighted by Gasteiger charge is -2.07. The zero-order valence-corrected chi connectivity index (χ0v) is 10.1. The number of nitrogen functional groups attached to an aromatic ring is 1. The molecule has 5 heteroatoms. The topological polar surface area (TPSA) is 89.6 Å². The number of carbonyl (C=O) groups excluding carboxylic acids is 1. The first-order valence-electron chi connectivity index (χ1n) is 5.39. The van der Waals surface area contributed by atoms with Crippen LogP contribution in [0.2, 0.25) is 0 Å². The number of anilines is 1. The van der Waals surface area contributed by atoms with Crippen LogP contribution in [0.25, 0.3) is 6.08 Å². The van der Waals surface area contributed by atoms with Gasteiger partial charge in [0.15, 0.2) is 0 Å². The molecule has 0 amide bonds. The summed E-state index contributed by atoms with van der Waals surface area (Å²) in [5.41, 5.74) is 7.81. The number of hydrogen-bond donors (Lipinski definition) is 2. The Bertz CT molecular complexity index is 480. The number of carbonyl (C=O) groups is 2. The molecule has 0 aliphatic rings. The van der Waals surface area contributed by atoms with Crippen molar-refractivity contribution in [1.82, 2.24) is 0 Å². The van der Waals surface area contributed by atoms with Crippen LogP contribution in [0, 0.1) is 0 Å². The van der Waals surface area contributed by atoms with Crippen LogP contribution in [0.3, 0.4) is 0 Å². The zero-order chi connectivity index (χ0) is 13.5. The number of esters is 1. The summed E-state index contributed by atoms with van der Waals surface area (Å²) in [7, 11) is 1.33. The second-order valence-corrected chi connectivity index (χ2v) is 3.67. The maximum atomic E-state index is 11.0. The quantitative estimate of drug-likeness (QED) is 0.468. The van der Waals surface area contributed by atoms with Gasteiger partial charge in [0.2, 0.25) is 0 Å². The van der Waals surface area contributed by atoms with E-state index in [-0.39, 0.29) is 12.4 Å². The summed E-state index contributed by atoms with van der Waals surface area (Å²) in [5.74, 6) is -1.34. The van der Waals surface area contributed by atoms with E-state index in [2.05, 4.69) is 4.74 Å². The number of rotatable bonds is 5. The van der Waals surface area contributed by atoms with Crippen molar-refractivity contribution in [3.05, 3.63) is 35.4 Å². The Morgan fingerprint density at radius 3 is 2.78 bits per heavy atom. The molecule has 0 spiro atoms. The van der Waals surface area contributed by atoms with E-state index < -0.39 is 5.97 Å². The number of aliphatic carboxylic acids is 1. The lowest BCUT2D eigenvalue weighted by atomic mass is 10.0. The average Bonchev–Trinajstić information content (AvgIpc) is 2.35. The number of hydrogen-bond acceptors (Lipinski definition) is 4. The monoisotopic (exact) mass is 249 g/mol. The summed E-state index contributed by atoms with van der Waals surface area (Å²) in [6, 6.07) is 5.29. The largest absolute Gasteiger partial charge is 0.478 e. The molecule has 1 aromatic rings. The molecule has 0 saturated heterocycles. The van der Waals surface area contributed by atoms with Gasteiger partial charge in [0, 0.05) is 18.2 Å². The Morgan fingerprint density at radius 2 is 2.17 bits per heavy atom. The minimum absolute atomic E-state index is 0.243. The standard InChI is InChI=1S/C13H15NO4/c1-18-12(17)8-6-10-4-2-3-9(13(10)14)5-7-11(15)16/h2-5,7H,6,8,14H2,1H3,(H,15,16)/b7-5+. The van der Waals surface area contributed by atoms with Crippen LogP contribution in [-0.4, -0.2) is 24.2 Å². The van der Waals surface area contributed by atoms with Gasteiger partial charge in [0.1, 0.15) is 0 Å². The third-order valence-electron chi connectivity index (χ3n) is 2.46. The maximum Gasteiger partial charge on any atom is 0.328 e. The minimum atomic E-state index is -1.03. The number of methoxy groups -OCH3 is 1. The Hall–Kier alpha value is -2.30. The molecule has 1 aromatic carbocycles. The van der Waals surface area contributed by atoms with Gasteiger partial charge in [-0.1, -0.05) is 18.2 Å². The third kappa shape index (κ3) is 3.93. The fourth-order valence-corrected chi connectivity index (χ4v) is 1.50. The number of nitrogens with two attached hydrogens (primary N) is 1. The summed E-state index contributed by atoms with van der Waals surface area (Å²) >= 11 is 0. The number of benzene rings is 1. The molecule has 0 aromatic heterocycles. The van der Waals surface area contributed by atoms with Gasteiger partial charge in [-0.05, 0) is 23.6 Å². The van der Waals surface area contributed by atoms with Gasteiger partial charge in [0.25, 0.3) is 0 Å². The molecule has 96 valence electrons. The summed E-state index contributed by atoms with van der Waals surface area (Å²) < 4.78 is 4.55. The molecular formula is C13H15NO4. The highest BCUT2D eigenvalue weighted by atomic mass is 16.5. The van der Waals surface area contributed by atoms with Crippen LogP contribution in [0.15, 0.2) is 24.3 Å². The molecule has 0 radical (unpaired) electrons. The molecule has 18 heavy (non-hydrogen) atoms. The van der Waals surface area contributed by atoms with E-state index in [0.717, 1.165) is 11.6 Å². The van der Waals surface area contributed by atoms with Crippen LogP contribution >= 0.6 is 0 Å². The summed E-state index contributed by atoms with van der Waals surface area (Å²) in [6.45, 7) is 0. The zero-order valence-electron chi connectivity index (χ0n) is 10.1. The first-order valence-corrected chi connectivity index (χ1v) is 5.39. The molecule has 0 fully saturated rings. The fraction of sp³-hybridized carbons (Fsp3) is 0.231. The van der Waals surface area contributed by atoms with Gasteiger partial charge in [-0.15, -0.1) is 0 Å². The van der Waals surface area contributed by atoms with Crippen LogP contribution in [0.5, 0.6) is 0 Å². The highest BCUT2D eigenvalue weighted by molar-refractivity contribution is 5.87. The fourth-order valence-electron chi connectivity index (χ4n) is 1.50. The lowest BCUT2D eigenvalue weighted by Crippen LogP contribution is -2.04. The van der Waals surface area contributed by atoms with E-state index in [4.69, 9.17) is 10.8 Å². The Morgan fingerprint density at radius 1 is 1.44 bits per heavy atom. The summed E-state index contributed by atoms with van der Waals surface area (Å²) in [4.78, 5) is 21.5. The molecule has 0 saturated carbocycles. The number of ether oxygens (including phenoxy) is 1. The Balaban J connectivity index is 2.84. The van der Waals surface area contributed by atoms with Gasteiger partial charge < -0.3 is 15.6 Å².